The molecule has 1 unspecified atom stereocenters. The summed E-state index contributed by atoms with van der Waals surface area (Å²) in [7, 11) is 0. The Hall–Kier alpha value is -1.07. The molecule has 1 N–H and O–H groups in total. The summed E-state index contributed by atoms with van der Waals surface area (Å²) in [4.78, 5) is 12.2. The maximum Gasteiger partial charge on any atom is 0.327 e. The van der Waals surface area contributed by atoms with Crippen molar-refractivity contribution in [2.45, 2.75) is 52.7 Å². The summed E-state index contributed by atoms with van der Waals surface area (Å²) in [6, 6.07) is 0.153. The van der Waals surface area contributed by atoms with E-state index in [1.165, 1.54) is 0 Å². The Kier molecular flexibility index (Phi) is 5.38. The molecule has 0 aliphatic carbocycles. The molecule has 1 heterocycles. The third-order valence-electron chi connectivity index (χ3n) is 2.84. The highest BCUT2D eigenvalue weighted by Crippen LogP contribution is 2.18. The minimum Gasteiger partial charge on any atom is -0.465 e. The molecule has 0 aliphatic heterocycles. The van der Waals surface area contributed by atoms with Crippen LogP contribution in [0.5, 0.6) is 0 Å². The van der Waals surface area contributed by atoms with E-state index >= 15 is 0 Å². The topological polar surface area (TPSA) is 56.2 Å². The number of carbonyl (C=O) groups is 1. The fourth-order valence-corrected chi connectivity index (χ4v) is 2.12. The maximum atomic E-state index is 12.2. The first-order chi connectivity index (χ1) is 8.80. The monoisotopic (exact) mass is 287 g/mol. The largest absolute Gasteiger partial charge is 0.465 e. The lowest BCUT2D eigenvalue weighted by molar-refractivity contribution is -0.151. The number of aromatic nitrogens is 2. The first-order valence-electron chi connectivity index (χ1n) is 6.43. The number of hydrogen-bond donors (Lipinski definition) is 1. The number of nitrogens with zero attached hydrogens (tertiary/aromatic N) is 2. The lowest BCUT2D eigenvalue weighted by Crippen LogP contribution is -2.56. The minimum absolute atomic E-state index is 0.153. The molecule has 0 saturated carbocycles. The van der Waals surface area contributed by atoms with Crippen LogP contribution in [0.2, 0.25) is 5.02 Å². The van der Waals surface area contributed by atoms with Crippen molar-refractivity contribution >= 4 is 17.6 Å². The number of nitrogens with one attached hydrogen (secondary N) is 1. The van der Waals surface area contributed by atoms with E-state index in [2.05, 4.69) is 10.4 Å². The molecule has 19 heavy (non-hydrogen) atoms. The van der Waals surface area contributed by atoms with Crippen LogP contribution in [0.3, 0.4) is 0 Å². The molecule has 1 aromatic heterocycles. The van der Waals surface area contributed by atoms with E-state index in [1.807, 2.05) is 27.7 Å². The number of rotatable bonds is 6. The van der Waals surface area contributed by atoms with Crippen molar-refractivity contribution in [2.75, 3.05) is 6.61 Å². The van der Waals surface area contributed by atoms with Crippen LogP contribution in [0, 0.1) is 6.92 Å². The highest BCUT2D eigenvalue weighted by atomic mass is 35.5. The van der Waals surface area contributed by atoms with Crippen molar-refractivity contribution in [3.05, 3.63) is 16.9 Å². The molecular formula is C13H22ClN3O2. The molecule has 0 radical (unpaired) electrons. The van der Waals surface area contributed by atoms with Crippen molar-refractivity contribution in [3.63, 3.8) is 0 Å². The van der Waals surface area contributed by atoms with Gasteiger partial charge in [-0.2, -0.15) is 5.10 Å². The van der Waals surface area contributed by atoms with Crippen LogP contribution in [0.15, 0.2) is 6.20 Å². The second-order valence-electron chi connectivity index (χ2n) is 5.09. The summed E-state index contributed by atoms with van der Waals surface area (Å²) in [5, 5.41) is 8.03. The fraction of sp³-hybridized carbons (Fsp3) is 0.692. The van der Waals surface area contributed by atoms with Crippen molar-refractivity contribution in [1.29, 1.82) is 0 Å². The zero-order valence-electron chi connectivity index (χ0n) is 12.2. The van der Waals surface area contributed by atoms with E-state index in [9.17, 15) is 4.79 Å². The predicted octanol–water partition coefficient (Wildman–Crippen LogP) is 2.16. The van der Waals surface area contributed by atoms with E-state index < -0.39 is 5.54 Å². The Morgan fingerprint density at radius 3 is 2.68 bits per heavy atom. The molecule has 5 nitrogen and oxygen atoms in total. The van der Waals surface area contributed by atoms with Gasteiger partial charge < -0.3 is 4.74 Å². The average Bonchev–Trinajstić information content (AvgIpc) is 2.60. The third kappa shape index (κ3) is 3.94. The molecular weight excluding hydrogens is 266 g/mol. The van der Waals surface area contributed by atoms with E-state index in [4.69, 9.17) is 16.3 Å². The average molecular weight is 288 g/mol. The Balaban J connectivity index is 2.97. The number of carbonyl (C=O) groups excluding carboxylic acids is 1. The molecule has 0 saturated heterocycles. The molecule has 108 valence electrons. The van der Waals surface area contributed by atoms with E-state index in [1.54, 1.807) is 17.8 Å². The molecule has 0 bridgehead atoms. The van der Waals surface area contributed by atoms with Crippen LogP contribution in [0.25, 0.3) is 0 Å². The van der Waals surface area contributed by atoms with Gasteiger partial charge in [-0.25, -0.2) is 4.79 Å². The van der Waals surface area contributed by atoms with Gasteiger partial charge in [-0.1, -0.05) is 11.6 Å². The van der Waals surface area contributed by atoms with Crippen LogP contribution >= 0.6 is 11.6 Å². The normalized spacial score (nSPS) is 14.5. The summed E-state index contributed by atoms with van der Waals surface area (Å²) >= 11 is 5.98. The minimum atomic E-state index is -0.829. The lowest BCUT2D eigenvalue weighted by Gasteiger charge is -2.30. The highest BCUT2D eigenvalue weighted by molar-refractivity contribution is 6.31. The van der Waals surface area contributed by atoms with E-state index in [-0.39, 0.29) is 12.0 Å². The molecule has 0 aromatic carbocycles. The Bertz CT molecular complexity index is 445. The molecule has 1 atom stereocenters. The number of halogens is 1. The van der Waals surface area contributed by atoms with Crippen LogP contribution in [0.4, 0.5) is 0 Å². The quantitative estimate of drug-likeness (QED) is 0.815. The molecule has 0 aliphatic rings. The van der Waals surface area contributed by atoms with E-state index in [0.29, 0.717) is 18.2 Å². The van der Waals surface area contributed by atoms with Gasteiger partial charge in [-0.3, -0.25) is 10.00 Å². The molecule has 1 aromatic rings. The van der Waals surface area contributed by atoms with Crippen LogP contribution in [0.1, 0.15) is 33.4 Å². The molecule has 0 spiro atoms. The van der Waals surface area contributed by atoms with Crippen LogP contribution < -0.4 is 5.32 Å². The zero-order chi connectivity index (χ0) is 14.6. The summed E-state index contributed by atoms with van der Waals surface area (Å²) in [6.45, 7) is 10.2. The molecule has 6 heteroatoms. The van der Waals surface area contributed by atoms with Crippen molar-refractivity contribution in [3.8, 4) is 0 Å². The smallest absolute Gasteiger partial charge is 0.327 e. The van der Waals surface area contributed by atoms with Gasteiger partial charge in [0, 0.05) is 6.04 Å². The van der Waals surface area contributed by atoms with Crippen LogP contribution in [-0.4, -0.2) is 33.9 Å². The Morgan fingerprint density at radius 1 is 1.63 bits per heavy atom. The highest BCUT2D eigenvalue weighted by Gasteiger charge is 2.36. The second-order valence-corrected chi connectivity index (χ2v) is 5.49. The molecule has 1 rings (SSSR count). The summed E-state index contributed by atoms with van der Waals surface area (Å²) in [5.41, 5.74) is 0.00679. The van der Waals surface area contributed by atoms with Gasteiger partial charge in [0.2, 0.25) is 0 Å². The third-order valence-corrected chi connectivity index (χ3v) is 3.21. The second kappa shape index (κ2) is 6.39. The Labute approximate surface area is 119 Å². The van der Waals surface area contributed by atoms with Crippen molar-refractivity contribution in [2.24, 2.45) is 0 Å². The first-order valence-corrected chi connectivity index (χ1v) is 6.80. The first kappa shape index (κ1) is 16.0. The van der Waals surface area contributed by atoms with Gasteiger partial charge in [-0.15, -0.1) is 0 Å². The van der Waals surface area contributed by atoms with Gasteiger partial charge in [0.15, 0.2) is 0 Å². The summed E-state index contributed by atoms with van der Waals surface area (Å²) in [6.07, 6.45) is 1.58. The van der Waals surface area contributed by atoms with Gasteiger partial charge in [0.1, 0.15) is 5.54 Å². The van der Waals surface area contributed by atoms with Gasteiger partial charge in [0.05, 0.1) is 30.1 Å². The zero-order valence-corrected chi connectivity index (χ0v) is 12.9. The number of esters is 1. The maximum absolute atomic E-state index is 12.2. The Morgan fingerprint density at radius 2 is 2.26 bits per heavy atom. The molecule has 0 amide bonds. The standard InChI is InChI=1S/C13H22ClN3O2/c1-6-19-12(18)13(5,16-9(2)3)8-17-10(4)11(14)7-15-17/h7,9,16H,6,8H2,1-5H3. The van der Waals surface area contributed by atoms with Gasteiger partial charge >= 0.3 is 5.97 Å². The van der Waals surface area contributed by atoms with Crippen LogP contribution in [-0.2, 0) is 16.1 Å². The lowest BCUT2D eigenvalue weighted by atomic mass is 10.0. The summed E-state index contributed by atoms with van der Waals surface area (Å²) in [5.74, 6) is -0.283. The fourth-order valence-electron chi connectivity index (χ4n) is 1.98. The predicted molar refractivity (Wildman–Crippen MR) is 75.3 cm³/mol. The SMILES string of the molecule is CCOC(=O)C(C)(Cn1ncc(Cl)c1C)NC(C)C. The molecule has 0 fully saturated rings. The van der Waals surface area contributed by atoms with Gasteiger partial charge in [0.25, 0.3) is 0 Å². The van der Waals surface area contributed by atoms with Gasteiger partial charge in [-0.05, 0) is 34.6 Å². The van der Waals surface area contributed by atoms with E-state index in [0.717, 1.165) is 5.69 Å². The van der Waals surface area contributed by atoms with Crippen molar-refractivity contribution < 1.29 is 9.53 Å². The number of hydrogen-bond acceptors (Lipinski definition) is 4. The van der Waals surface area contributed by atoms with Crippen molar-refractivity contribution in [1.82, 2.24) is 15.1 Å². The summed E-state index contributed by atoms with van der Waals surface area (Å²) < 4.78 is 6.87. The number of ether oxygens (including phenoxy) is 1.